The zero-order valence-electron chi connectivity index (χ0n) is 21.2. The highest BCUT2D eigenvalue weighted by Crippen LogP contribution is 2.14. The van der Waals surface area contributed by atoms with Crippen molar-refractivity contribution in [3.8, 4) is 0 Å². The Morgan fingerprint density at radius 1 is 0.533 bits per heavy atom. The first-order valence-corrected chi connectivity index (χ1v) is 13.7. The molecule has 0 saturated heterocycles. The van der Waals surface area contributed by atoms with Gasteiger partial charge in [-0.1, -0.05) is 129 Å². The number of hydrogen-bond acceptors (Lipinski definition) is 1. The van der Waals surface area contributed by atoms with Crippen molar-refractivity contribution in [2.75, 3.05) is 0 Å². The van der Waals surface area contributed by atoms with E-state index >= 15 is 0 Å². The molecule has 0 aromatic carbocycles. The SMILES string of the molecule is CCCCCC=CCC=CCCCCCCCC(N)CCCCCCCCC(C)C. The lowest BCUT2D eigenvalue weighted by Crippen LogP contribution is -2.19. The average Bonchev–Trinajstić information content (AvgIpc) is 2.72. The van der Waals surface area contributed by atoms with Crippen molar-refractivity contribution in [1.82, 2.24) is 0 Å². The number of allylic oxidation sites excluding steroid dienone is 4. The Labute approximate surface area is 191 Å². The molecular formula is C29H57N. The topological polar surface area (TPSA) is 26.0 Å². The Morgan fingerprint density at radius 3 is 1.47 bits per heavy atom. The summed E-state index contributed by atoms with van der Waals surface area (Å²) in [5.74, 6) is 0.872. The fourth-order valence-corrected chi connectivity index (χ4v) is 4.03. The van der Waals surface area contributed by atoms with Crippen LogP contribution in [0.3, 0.4) is 0 Å². The lowest BCUT2D eigenvalue weighted by molar-refractivity contribution is 0.476. The molecule has 0 aliphatic heterocycles. The van der Waals surface area contributed by atoms with E-state index in [2.05, 4.69) is 45.1 Å². The van der Waals surface area contributed by atoms with Crippen molar-refractivity contribution in [3.63, 3.8) is 0 Å². The normalized spacial score (nSPS) is 13.2. The van der Waals surface area contributed by atoms with E-state index < -0.39 is 0 Å². The Kier molecular flexibility index (Phi) is 24.2. The summed E-state index contributed by atoms with van der Waals surface area (Å²) in [6.07, 6.45) is 36.1. The molecule has 1 atom stereocenters. The molecule has 0 aliphatic rings. The first-order chi connectivity index (χ1) is 14.7. The summed E-state index contributed by atoms with van der Waals surface area (Å²) in [7, 11) is 0. The summed E-state index contributed by atoms with van der Waals surface area (Å²) in [6, 6.07) is 0.448. The molecule has 30 heavy (non-hydrogen) atoms. The predicted molar refractivity (Wildman–Crippen MR) is 139 cm³/mol. The van der Waals surface area contributed by atoms with Crippen LogP contribution in [-0.4, -0.2) is 6.04 Å². The van der Waals surface area contributed by atoms with Gasteiger partial charge in [-0.15, -0.1) is 0 Å². The third kappa shape index (κ3) is 25.5. The molecule has 1 unspecified atom stereocenters. The number of nitrogens with two attached hydrogens (primary N) is 1. The third-order valence-corrected chi connectivity index (χ3v) is 6.13. The van der Waals surface area contributed by atoms with Gasteiger partial charge >= 0.3 is 0 Å². The summed E-state index contributed by atoms with van der Waals surface area (Å²) in [5, 5.41) is 0. The highest BCUT2D eigenvalue weighted by molar-refractivity contribution is 4.92. The van der Waals surface area contributed by atoms with Gasteiger partial charge in [0.1, 0.15) is 0 Å². The number of hydrogen-bond donors (Lipinski definition) is 1. The van der Waals surface area contributed by atoms with Crippen LogP contribution in [0.2, 0.25) is 0 Å². The lowest BCUT2D eigenvalue weighted by atomic mass is 10.00. The second-order valence-electron chi connectivity index (χ2n) is 9.87. The van der Waals surface area contributed by atoms with Gasteiger partial charge in [-0.2, -0.15) is 0 Å². The van der Waals surface area contributed by atoms with Crippen LogP contribution in [-0.2, 0) is 0 Å². The van der Waals surface area contributed by atoms with E-state index in [1.54, 1.807) is 0 Å². The van der Waals surface area contributed by atoms with Gasteiger partial charge in [0, 0.05) is 6.04 Å². The summed E-state index contributed by atoms with van der Waals surface area (Å²) in [6.45, 7) is 6.92. The molecular weight excluding hydrogens is 362 g/mol. The van der Waals surface area contributed by atoms with Crippen molar-refractivity contribution < 1.29 is 0 Å². The molecule has 0 aliphatic carbocycles. The zero-order valence-corrected chi connectivity index (χ0v) is 21.2. The van der Waals surface area contributed by atoms with Gasteiger partial charge in [0.25, 0.3) is 0 Å². The third-order valence-electron chi connectivity index (χ3n) is 6.13. The second-order valence-corrected chi connectivity index (χ2v) is 9.87. The van der Waals surface area contributed by atoms with Gasteiger partial charge in [0.15, 0.2) is 0 Å². The molecule has 2 N–H and O–H groups in total. The van der Waals surface area contributed by atoms with Crippen molar-refractivity contribution in [1.29, 1.82) is 0 Å². The zero-order chi connectivity index (χ0) is 22.1. The molecule has 0 rings (SSSR count). The van der Waals surface area contributed by atoms with Crippen LogP contribution in [0.4, 0.5) is 0 Å². The lowest BCUT2D eigenvalue weighted by Gasteiger charge is -2.11. The number of rotatable bonds is 23. The van der Waals surface area contributed by atoms with Gasteiger partial charge in [0.05, 0.1) is 0 Å². The molecule has 178 valence electrons. The molecule has 0 aromatic rings. The van der Waals surface area contributed by atoms with Crippen molar-refractivity contribution in [2.24, 2.45) is 11.7 Å². The minimum atomic E-state index is 0.448. The van der Waals surface area contributed by atoms with Crippen molar-refractivity contribution >= 4 is 0 Å². The Morgan fingerprint density at radius 2 is 0.967 bits per heavy atom. The van der Waals surface area contributed by atoms with E-state index in [-0.39, 0.29) is 0 Å². The fraction of sp³-hybridized carbons (Fsp3) is 0.862. The molecule has 0 fully saturated rings. The van der Waals surface area contributed by atoms with Gasteiger partial charge in [-0.05, 0) is 50.9 Å². The van der Waals surface area contributed by atoms with E-state index in [4.69, 9.17) is 5.73 Å². The maximum atomic E-state index is 6.31. The predicted octanol–water partition coefficient (Wildman–Crippen LogP) is 9.90. The van der Waals surface area contributed by atoms with Crippen LogP contribution in [0, 0.1) is 5.92 Å². The first-order valence-electron chi connectivity index (χ1n) is 13.7. The quantitative estimate of drug-likeness (QED) is 0.129. The van der Waals surface area contributed by atoms with Gasteiger partial charge in [0.2, 0.25) is 0 Å². The second kappa shape index (κ2) is 24.7. The molecule has 0 heterocycles. The first kappa shape index (κ1) is 29.4. The van der Waals surface area contributed by atoms with Crippen LogP contribution >= 0.6 is 0 Å². The van der Waals surface area contributed by atoms with Crippen LogP contribution in [0.5, 0.6) is 0 Å². The molecule has 0 spiro atoms. The Bertz CT molecular complexity index is 369. The van der Waals surface area contributed by atoms with E-state index in [9.17, 15) is 0 Å². The van der Waals surface area contributed by atoms with E-state index in [1.165, 1.54) is 122 Å². The molecule has 0 amide bonds. The largest absolute Gasteiger partial charge is 0.328 e. The van der Waals surface area contributed by atoms with Gasteiger partial charge in [-0.3, -0.25) is 0 Å². The summed E-state index contributed by atoms with van der Waals surface area (Å²) < 4.78 is 0. The minimum Gasteiger partial charge on any atom is -0.328 e. The van der Waals surface area contributed by atoms with Crippen LogP contribution in [0.15, 0.2) is 24.3 Å². The summed E-state index contributed by atoms with van der Waals surface area (Å²) in [5.41, 5.74) is 6.31. The van der Waals surface area contributed by atoms with Crippen molar-refractivity contribution in [2.45, 2.75) is 155 Å². The smallest absolute Gasteiger partial charge is 0.00388 e. The fourth-order valence-electron chi connectivity index (χ4n) is 4.03. The molecule has 0 aromatic heterocycles. The van der Waals surface area contributed by atoms with Gasteiger partial charge in [-0.25, -0.2) is 0 Å². The van der Waals surface area contributed by atoms with Crippen LogP contribution < -0.4 is 5.73 Å². The maximum Gasteiger partial charge on any atom is 0.00388 e. The minimum absolute atomic E-state index is 0.448. The molecule has 0 bridgehead atoms. The molecule has 0 radical (unpaired) electrons. The van der Waals surface area contributed by atoms with Crippen LogP contribution in [0.1, 0.15) is 149 Å². The standard InChI is InChI=1S/C29H57N/c1-4-5-6-7-8-9-10-11-12-13-14-15-16-20-23-26-29(30)27-24-21-18-17-19-22-25-28(2)3/h8-9,11-12,28-29H,4-7,10,13-27,30H2,1-3H3. The maximum absolute atomic E-state index is 6.31. The Balaban J connectivity index is 3.26. The van der Waals surface area contributed by atoms with Crippen molar-refractivity contribution in [3.05, 3.63) is 24.3 Å². The average molecular weight is 420 g/mol. The summed E-state index contributed by atoms with van der Waals surface area (Å²) >= 11 is 0. The van der Waals surface area contributed by atoms with E-state index in [1.807, 2.05) is 0 Å². The highest BCUT2D eigenvalue weighted by Gasteiger charge is 2.02. The van der Waals surface area contributed by atoms with Crippen LogP contribution in [0.25, 0.3) is 0 Å². The monoisotopic (exact) mass is 419 g/mol. The van der Waals surface area contributed by atoms with E-state index in [0.717, 1.165) is 12.3 Å². The van der Waals surface area contributed by atoms with Gasteiger partial charge < -0.3 is 5.73 Å². The molecule has 1 nitrogen and oxygen atoms in total. The number of unbranched alkanes of at least 4 members (excludes halogenated alkanes) is 13. The highest BCUT2D eigenvalue weighted by atomic mass is 14.6. The molecule has 0 saturated carbocycles. The summed E-state index contributed by atoms with van der Waals surface area (Å²) in [4.78, 5) is 0. The van der Waals surface area contributed by atoms with E-state index in [0.29, 0.717) is 6.04 Å². The Hall–Kier alpha value is -0.560. The molecule has 1 heteroatoms.